The second kappa shape index (κ2) is 6.67. The van der Waals surface area contributed by atoms with Crippen molar-refractivity contribution in [3.05, 3.63) is 40.0 Å². The minimum atomic E-state index is -0.586. The Morgan fingerprint density at radius 3 is 2.95 bits per heavy atom. The van der Waals surface area contributed by atoms with Crippen LogP contribution >= 0.6 is 22.9 Å². The Morgan fingerprint density at radius 1 is 1.50 bits per heavy atom. The van der Waals surface area contributed by atoms with Crippen LogP contribution in [0.3, 0.4) is 0 Å². The Bertz CT molecular complexity index is 637. The summed E-state index contributed by atoms with van der Waals surface area (Å²) in [5, 5.41) is 8.30. The van der Waals surface area contributed by atoms with Crippen LogP contribution in [0.25, 0.3) is 10.6 Å². The van der Waals surface area contributed by atoms with Crippen molar-refractivity contribution in [3.8, 4) is 10.6 Å². The minimum absolute atomic E-state index is 0.196. The maximum absolute atomic E-state index is 11.7. The molecule has 0 aromatic carbocycles. The van der Waals surface area contributed by atoms with E-state index in [-0.39, 0.29) is 11.5 Å². The molecule has 0 saturated heterocycles. The largest absolute Gasteiger partial charge is 0.353 e. The Kier molecular flexibility index (Phi) is 4.92. The summed E-state index contributed by atoms with van der Waals surface area (Å²) >= 11 is 7.20. The first-order valence-electron chi connectivity index (χ1n) is 6.12. The highest BCUT2D eigenvalue weighted by Gasteiger charge is 2.08. The van der Waals surface area contributed by atoms with E-state index >= 15 is 0 Å². The number of hydrogen-bond acceptors (Lipinski definition) is 4. The number of amides is 1. The summed E-state index contributed by atoms with van der Waals surface area (Å²) in [4.78, 5) is 24.0. The zero-order chi connectivity index (χ0) is 14.5. The van der Waals surface area contributed by atoms with Crippen LogP contribution in [0.15, 0.2) is 34.4 Å². The standard InChI is InChI=1S/C13H14ClN3O2S/c1-9(14)13(19)15-6-7-17-12(18)5-4-10(16-17)11-3-2-8-20-11/h2-5,8-9H,6-7H2,1H3,(H,15,19). The van der Waals surface area contributed by atoms with E-state index in [0.29, 0.717) is 13.1 Å². The zero-order valence-electron chi connectivity index (χ0n) is 10.9. The summed E-state index contributed by atoms with van der Waals surface area (Å²) in [7, 11) is 0. The number of rotatable bonds is 5. The summed E-state index contributed by atoms with van der Waals surface area (Å²) in [6.45, 7) is 2.23. The average Bonchev–Trinajstić information content (AvgIpc) is 2.94. The van der Waals surface area contributed by atoms with Gasteiger partial charge in [-0.2, -0.15) is 5.10 Å². The zero-order valence-corrected chi connectivity index (χ0v) is 12.4. The van der Waals surface area contributed by atoms with Gasteiger partial charge in [-0.1, -0.05) is 6.07 Å². The normalized spacial score (nSPS) is 12.1. The Labute approximate surface area is 125 Å². The molecule has 0 bridgehead atoms. The number of nitrogens with zero attached hydrogens (tertiary/aromatic N) is 2. The number of aromatic nitrogens is 2. The van der Waals surface area contributed by atoms with Crippen LogP contribution in [-0.2, 0) is 11.3 Å². The number of carbonyl (C=O) groups excluding carboxylic acids is 1. The lowest BCUT2D eigenvalue weighted by Crippen LogP contribution is -2.35. The third-order valence-electron chi connectivity index (χ3n) is 2.62. The van der Waals surface area contributed by atoms with E-state index in [1.54, 1.807) is 24.3 Å². The second-order valence-electron chi connectivity index (χ2n) is 4.16. The number of halogens is 1. The molecule has 0 radical (unpaired) electrons. The third kappa shape index (κ3) is 3.68. The highest BCUT2D eigenvalue weighted by atomic mass is 35.5. The van der Waals surface area contributed by atoms with Crippen LogP contribution in [-0.4, -0.2) is 27.6 Å². The van der Waals surface area contributed by atoms with Gasteiger partial charge in [0.05, 0.1) is 11.4 Å². The van der Waals surface area contributed by atoms with Gasteiger partial charge >= 0.3 is 0 Å². The van der Waals surface area contributed by atoms with Crippen molar-refractivity contribution in [1.29, 1.82) is 0 Å². The van der Waals surface area contributed by atoms with Gasteiger partial charge in [0.25, 0.3) is 5.56 Å². The second-order valence-corrected chi connectivity index (χ2v) is 5.77. The van der Waals surface area contributed by atoms with Crippen molar-refractivity contribution in [2.45, 2.75) is 18.8 Å². The maximum Gasteiger partial charge on any atom is 0.266 e. The summed E-state index contributed by atoms with van der Waals surface area (Å²) < 4.78 is 1.34. The molecular weight excluding hydrogens is 298 g/mol. The van der Waals surface area contributed by atoms with E-state index in [4.69, 9.17) is 11.6 Å². The summed E-state index contributed by atoms with van der Waals surface area (Å²) in [6, 6.07) is 7.05. The van der Waals surface area contributed by atoms with Gasteiger partial charge in [-0.15, -0.1) is 22.9 Å². The van der Waals surface area contributed by atoms with Gasteiger partial charge in [0.2, 0.25) is 5.91 Å². The first-order valence-corrected chi connectivity index (χ1v) is 7.43. The van der Waals surface area contributed by atoms with Crippen molar-refractivity contribution in [3.63, 3.8) is 0 Å². The van der Waals surface area contributed by atoms with E-state index in [2.05, 4.69) is 10.4 Å². The Morgan fingerprint density at radius 2 is 2.30 bits per heavy atom. The highest BCUT2D eigenvalue weighted by Crippen LogP contribution is 2.20. The molecule has 0 aliphatic rings. The molecule has 2 rings (SSSR count). The van der Waals surface area contributed by atoms with Crippen molar-refractivity contribution >= 4 is 28.8 Å². The molecule has 7 heteroatoms. The first-order chi connectivity index (χ1) is 9.58. The maximum atomic E-state index is 11.7. The quantitative estimate of drug-likeness (QED) is 0.855. The highest BCUT2D eigenvalue weighted by molar-refractivity contribution is 7.13. The van der Waals surface area contributed by atoms with E-state index in [1.807, 2.05) is 17.5 Å². The lowest BCUT2D eigenvalue weighted by Gasteiger charge is -2.08. The molecule has 0 spiro atoms. The molecule has 0 fully saturated rings. The molecule has 5 nitrogen and oxygen atoms in total. The van der Waals surface area contributed by atoms with Gasteiger partial charge in [0, 0.05) is 12.6 Å². The Balaban J connectivity index is 2.06. The van der Waals surface area contributed by atoms with Crippen molar-refractivity contribution in [2.24, 2.45) is 0 Å². The van der Waals surface area contributed by atoms with Crippen LogP contribution < -0.4 is 10.9 Å². The number of nitrogens with one attached hydrogen (secondary N) is 1. The molecular formula is C13H14ClN3O2S. The molecule has 0 aliphatic carbocycles. The summed E-state index contributed by atoms with van der Waals surface area (Å²) in [6.07, 6.45) is 0. The molecule has 2 heterocycles. The molecule has 0 aliphatic heterocycles. The molecule has 1 unspecified atom stereocenters. The van der Waals surface area contributed by atoms with E-state index in [9.17, 15) is 9.59 Å². The van der Waals surface area contributed by atoms with E-state index < -0.39 is 5.38 Å². The molecule has 1 atom stereocenters. The lowest BCUT2D eigenvalue weighted by molar-refractivity contribution is -0.120. The lowest BCUT2D eigenvalue weighted by atomic mass is 10.3. The monoisotopic (exact) mass is 311 g/mol. The molecule has 20 heavy (non-hydrogen) atoms. The number of alkyl halides is 1. The van der Waals surface area contributed by atoms with Crippen LogP contribution in [0.5, 0.6) is 0 Å². The van der Waals surface area contributed by atoms with Gasteiger partial charge in [-0.3, -0.25) is 9.59 Å². The SMILES string of the molecule is CC(Cl)C(=O)NCCn1nc(-c2cccs2)ccc1=O. The molecule has 106 valence electrons. The predicted octanol–water partition coefficient (Wildman–Crippen LogP) is 1.72. The predicted molar refractivity (Wildman–Crippen MR) is 80.1 cm³/mol. The summed E-state index contributed by atoms with van der Waals surface area (Å²) in [5.41, 5.74) is 0.551. The molecule has 2 aromatic rings. The van der Waals surface area contributed by atoms with Gasteiger partial charge < -0.3 is 5.32 Å². The van der Waals surface area contributed by atoms with Crippen LogP contribution in [0, 0.1) is 0 Å². The number of hydrogen-bond donors (Lipinski definition) is 1. The van der Waals surface area contributed by atoms with E-state index in [0.717, 1.165) is 10.6 Å². The van der Waals surface area contributed by atoms with Crippen LogP contribution in [0.1, 0.15) is 6.92 Å². The molecule has 1 amide bonds. The fourth-order valence-electron chi connectivity index (χ4n) is 1.59. The number of carbonyl (C=O) groups is 1. The topological polar surface area (TPSA) is 64.0 Å². The van der Waals surface area contributed by atoms with Gasteiger partial charge in [-0.25, -0.2) is 4.68 Å². The number of thiophene rings is 1. The molecule has 1 N–H and O–H groups in total. The fraction of sp³-hybridized carbons (Fsp3) is 0.308. The van der Waals surface area contributed by atoms with Crippen molar-refractivity contribution < 1.29 is 4.79 Å². The Hall–Kier alpha value is -1.66. The van der Waals surface area contributed by atoms with Gasteiger partial charge in [0.1, 0.15) is 11.1 Å². The third-order valence-corrected chi connectivity index (χ3v) is 3.71. The van der Waals surface area contributed by atoms with Gasteiger partial charge in [0.15, 0.2) is 0 Å². The summed E-state index contributed by atoms with van der Waals surface area (Å²) in [5.74, 6) is -0.255. The fourth-order valence-corrected chi connectivity index (χ4v) is 2.36. The van der Waals surface area contributed by atoms with Crippen LogP contribution in [0.2, 0.25) is 0 Å². The average molecular weight is 312 g/mol. The van der Waals surface area contributed by atoms with Crippen molar-refractivity contribution in [1.82, 2.24) is 15.1 Å². The smallest absolute Gasteiger partial charge is 0.266 e. The first kappa shape index (κ1) is 14.7. The van der Waals surface area contributed by atoms with E-state index in [1.165, 1.54) is 10.7 Å². The van der Waals surface area contributed by atoms with Crippen molar-refractivity contribution in [2.75, 3.05) is 6.54 Å². The minimum Gasteiger partial charge on any atom is -0.353 e. The molecule has 0 saturated carbocycles. The molecule has 2 aromatic heterocycles. The van der Waals surface area contributed by atoms with Gasteiger partial charge in [-0.05, 0) is 24.4 Å². The van der Waals surface area contributed by atoms with Crippen LogP contribution in [0.4, 0.5) is 0 Å².